The molecule has 2 aromatic carbocycles. The highest BCUT2D eigenvalue weighted by atomic mass is 32.1. The fraction of sp³-hybridized carbons (Fsp3) is 0.227. The molecule has 5 nitrogen and oxygen atoms in total. The average Bonchev–Trinajstić information content (AvgIpc) is 3.22. The number of benzene rings is 2. The molecule has 2 amide bonds. The highest BCUT2D eigenvalue weighted by Gasteiger charge is 2.34. The Morgan fingerprint density at radius 2 is 1.54 bits per heavy atom. The SMILES string of the molecule is Cc1ccc(N2C(=O)/C(=C/c3ccc(N4CCCC4)cc3)C(=O)NC2=S)cc1. The first-order chi connectivity index (χ1) is 13.5. The van der Waals surface area contributed by atoms with Crippen LogP contribution >= 0.6 is 12.2 Å². The summed E-state index contributed by atoms with van der Waals surface area (Å²) in [4.78, 5) is 29.1. The Morgan fingerprint density at radius 1 is 0.929 bits per heavy atom. The maximum atomic E-state index is 13.0. The number of carbonyl (C=O) groups is 2. The van der Waals surface area contributed by atoms with E-state index in [9.17, 15) is 9.59 Å². The zero-order chi connectivity index (χ0) is 19.7. The van der Waals surface area contributed by atoms with Crippen molar-refractivity contribution in [2.75, 3.05) is 22.9 Å². The minimum absolute atomic E-state index is 0.0723. The number of aryl methyl sites for hydroxylation is 1. The Bertz CT molecular complexity index is 958. The number of thiocarbonyl (C=S) groups is 1. The molecule has 2 aliphatic rings. The normalized spacial score (nSPS) is 18.8. The number of hydrogen-bond donors (Lipinski definition) is 1. The van der Waals surface area contributed by atoms with Gasteiger partial charge in [-0.2, -0.15) is 0 Å². The summed E-state index contributed by atoms with van der Waals surface area (Å²) in [6, 6.07) is 15.4. The fourth-order valence-electron chi connectivity index (χ4n) is 3.51. The van der Waals surface area contributed by atoms with Crippen molar-refractivity contribution >= 4 is 46.6 Å². The molecule has 0 aliphatic carbocycles. The lowest BCUT2D eigenvalue weighted by Gasteiger charge is -2.29. The molecule has 142 valence electrons. The predicted octanol–water partition coefficient (Wildman–Crippen LogP) is 3.43. The highest BCUT2D eigenvalue weighted by Crippen LogP contribution is 2.24. The van der Waals surface area contributed by atoms with Crippen molar-refractivity contribution in [2.45, 2.75) is 19.8 Å². The highest BCUT2D eigenvalue weighted by molar-refractivity contribution is 7.80. The van der Waals surface area contributed by atoms with Crippen LogP contribution in [0.2, 0.25) is 0 Å². The van der Waals surface area contributed by atoms with E-state index in [0.29, 0.717) is 5.69 Å². The molecule has 6 heteroatoms. The minimum atomic E-state index is -0.470. The summed E-state index contributed by atoms with van der Waals surface area (Å²) < 4.78 is 0. The van der Waals surface area contributed by atoms with Crippen molar-refractivity contribution in [2.24, 2.45) is 0 Å². The Labute approximate surface area is 169 Å². The molecule has 2 heterocycles. The number of nitrogens with one attached hydrogen (secondary N) is 1. The van der Waals surface area contributed by atoms with Crippen molar-refractivity contribution in [1.29, 1.82) is 0 Å². The molecular weight excluding hydrogens is 370 g/mol. The lowest BCUT2D eigenvalue weighted by Crippen LogP contribution is -2.54. The monoisotopic (exact) mass is 391 g/mol. The molecule has 0 bridgehead atoms. The van der Waals surface area contributed by atoms with Gasteiger partial charge in [0.2, 0.25) is 0 Å². The van der Waals surface area contributed by atoms with Gasteiger partial charge in [0, 0.05) is 18.8 Å². The molecule has 0 atom stereocenters. The van der Waals surface area contributed by atoms with Crippen LogP contribution in [0.4, 0.5) is 11.4 Å². The maximum Gasteiger partial charge on any atom is 0.270 e. The van der Waals surface area contributed by atoms with Crippen LogP contribution in [0.15, 0.2) is 54.1 Å². The van der Waals surface area contributed by atoms with Crippen LogP contribution in [-0.4, -0.2) is 30.0 Å². The molecule has 0 aromatic heterocycles. The molecule has 1 N–H and O–H groups in total. The third-order valence-electron chi connectivity index (χ3n) is 5.07. The van der Waals surface area contributed by atoms with Gasteiger partial charge in [-0.3, -0.25) is 19.8 Å². The summed E-state index contributed by atoms with van der Waals surface area (Å²) in [6.45, 7) is 4.12. The number of amides is 2. The average molecular weight is 391 g/mol. The second kappa shape index (κ2) is 7.56. The largest absolute Gasteiger partial charge is 0.372 e. The van der Waals surface area contributed by atoms with Crippen molar-refractivity contribution < 1.29 is 9.59 Å². The first-order valence-corrected chi connectivity index (χ1v) is 9.77. The lowest BCUT2D eigenvalue weighted by atomic mass is 10.1. The van der Waals surface area contributed by atoms with Crippen LogP contribution < -0.4 is 15.1 Å². The van der Waals surface area contributed by atoms with Gasteiger partial charge in [0.15, 0.2) is 5.11 Å². The molecule has 2 saturated heterocycles. The second-order valence-electron chi connectivity index (χ2n) is 7.08. The first-order valence-electron chi connectivity index (χ1n) is 9.36. The molecule has 4 rings (SSSR count). The van der Waals surface area contributed by atoms with Gasteiger partial charge in [-0.1, -0.05) is 29.8 Å². The van der Waals surface area contributed by atoms with E-state index >= 15 is 0 Å². The summed E-state index contributed by atoms with van der Waals surface area (Å²) in [5, 5.41) is 2.72. The van der Waals surface area contributed by atoms with Gasteiger partial charge < -0.3 is 4.90 Å². The maximum absolute atomic E-state index is 13.0. The molecule has 2 fully saturated rings. The number of nitrogens with zero attached hydrogens (tertiary/aromatic N) is 2. The summed E-state index contributed by atoms with van der Waals surface area (Å²) >= 11 is 5.23. The van der Waals surface area contributed by atoms with Crippen LogP contribution in [0.25, 0.3) is 6.08 Å². The van der Waals surface area contributed by atoms with Crippen molar-refractivity contribution in [1.82, 2.24) is 5.32 Å². The number of carbonyl (C=O) groups excluding carboxylic acids is 2. The lowest BCUT2D eigenvalue weighted by molar-refractivity contribution is -0.122. The van der Waals surface area contributed by atoms with E-state index in [2.05, 4.69) is 10.2 Å². The molecule has 0 unspecified atom stereocenters. The molecule has 0 radical (unpaired) electrons. The Balaban J connectivity index is 1.62. The Kier molecular flexibility index (Phi) is 4.96. The molecule has 2 aromatic rings. The van der Waals surface area contributed by atoms with E-state index in [0.717, 1.165) is 24.2 Å². The van der Waals surface area contributed by atoms with E-state index in [1.54, 1.807) is 6.08 Å². The van der Waals surface area contributed by atoms with Gasteiger partial charge in [0.25, 0.3) is 11.8 Å². The van der Waals surface area contributed by atoms with Gasteiger partial charge >= 0.3 is 0 Å². The van der Waals surface area contributed by atoms with Crippen LogP contribution in [0.1, 0.15) is 24.0 Å². The number of rotatable bonds is 3. The third kappa shape index (κ3) is 3.55. The van der Waals surface area contributed by atoms with Crippen molar-refractivity contribution in [3.63, 3.8) is 0 Å². The molecule has 0 saturated carbocycles. The zero-order valence-corrected chi connectivity index (χ0v) is 16.5. The quantitative estimate of drug-likeness (QED) is 0.495. The summed E-state index contributed by atoms with van der Waals surface area (Å²) in [5.74, 6) is -0.886. The van der Waals surface area contributed by atoms with E-state index in [-0.39, 0.29) is 10.7 Å². The molecular formula is C22H21N3O2S. The first kappa shape index (κ1) is 18.4. The summed E-state index contributed by atoms with van der Waals surface area (Å²) in [5.41, 5.74) is 3.76. The van der Waals surface area contributed by atoms with Gasteiger partial charge in [-0.25, -0.2) is 0 Å². The van der Waals surface area contributed by atoms with Crippen LogP contribution in [0.3, 0.4) is 0 Å². The fourth-order valence-corrected chi connectivity index (χ4v) is 3.79. The Morgan fingerprint density at radius 3 is 2.18 bits per heavy atom. The summed E-state index contributed by atoms with van der Waals surface area (Å²) in [7, 11) is 0. The standard InChI is InChI=1S/C22H21N3O2S/c1-15-4-8-18(9-5-15)25-21(27)19(20(26)23-22(25)28)14-16-6-10-17(11-7-16)24-12-2-3-13-24/h4-11,14H,2-3,12-13H2,1H3,(H,23,26,28)/b19-14+. The summed E-state index contributed by atoms with van der Waals surface area (Å²) in [6.07, 6.45) is 4.05. The van der Waals surface area contributed by atoms with Crippen molar-refractivity contribution in [3.05, 3.63) is 65.2 Å². The van der Waals surface area contributed by atoms with Crippen LogP contribution in [0, 0.1) is 6.92 Å². The van der Waals surface area contributed by atoms with E-state index in [4.69, 9.17) is 12.2 Å². The topological polar surface area (TPSA) is 52.7 Å². The van der Waals surface area contributed by atoms with Gasteiger partial charge in [-0.05, 0) is 67.9 Å². The van der Waals surface area contributed by atoms with E-state index in [1.165, 1.54) is 23.4 Å². The van der Waals surface area contributed by atoms with Crippen molar-refractivity contribution in [3.8, 4) is 0 Å². The predicted molar refractivity (Wildman–Crippen MR) is 115 cm³/mol. The van der Waals surface area contributed by atoms with E-state index in [1.807, 2.05) is 55.5 Å². The third-order valence-corrected chi connectivity index (χ3v) is 5.35. The van der Waals surface area contributed by atoms with Gasteiger partial charge in [0.1, 0.15) is 5.57 Å². The minimum Gasteiger partial charge on any atom is -0.372 e. The molecule has 2 aliphatic heterocycles. The molecule has 0 spiro atoms. The second-order valence-corrected chi connectivity index (χ2v) is 7.47. The number of hydrogen-bond acceptors (Lipinski definition) is 4. The van der Waals surface area contributed by atoms with Crippen LogP contribution in [-0.2, 0) is 9.59 Å². The smallest absolute Gasteiger partial charge is 0.270 e. The van der Waals surface area contributed by atoms with Gasteiger partial charge in [0.05, 0.1) is 5.69 Å². The van der Waals surface area contributed by atoms with Crippen LogP contribution in [0.5, 0.6) is 0 Å². The zero-order valence-electron chi connectivity index (χ0n) is 15.6. The number of anilines is 2. The van der Waals surface area contributed by atoms with Gasteiger partial charge in [-0.15, -0.1) is 0 Å². The Hall–Kier alpha value is -2.99. The van der Waals surface area contributed by atoms with E-state index < -0.39 is 11.8 Å². The molecule has 28 heavy (non-hydrogen) atoms.